The molecule has 2 N–H and O–H groups in total. The topological polar surface area (TPSA) is 40.5 Å². The molecule has 0 spiro atoms. The molecule has 0 radical (unpaired) electrons. The van der Waals surface area contributed by atoms with Crippen molar-refractivity contribution in [2.75, 3.05) is 13.6 Å². The molecule has 3 nitrogen and oxygen atoms in total. The van der Waals surface area contributed by atoms with Crippen LogP contribution in [0.25, 0.3) is 0 Å². The monoisotopic (exact) mass is 127 g/mol. The van der Waals surface area contributed by atoms with Crippen LogP contribution < -0.4 is 12.4 Å². The maximum Gasteiger partial charge on any atom is 0.139 e. The van der Waals surface area contributed by atoms with Gasteiger partial charge in [0.2, 0.25) is 0 Å². The summed E-state index contributed by atoms with van der Waals surface area (Å²) < 4.78 is 0. The number of hydroxylamine groups is 4. The second-order valence-electron chi connectivity index (χ2n) is 1.40. The summed E-state index contributed by atoms with van der Waals surface area (Å²) in [5.74, 6) is 0. The smallest absolute Gasteiger partial charge is 0.139 e. The molecule has 7 heavy (non-hydrogen) atoms. The molecule has 0 aromatic rings. The summed E-state index contributed by atoms with van der Waals surface area (Å²) in [7, 11) is 1.29. The second-order valence-corrected chi connectivity index (χ2v) is 1.40. The van der Waals surface area contributed by atoms with E-state index < -0.39 is 4.81 Å². The van der Waals surface area contributed by atoms with Crippen LogP contribution in [0.15, 0.2) is 0 Å². The summed E-state index contributed by atoms with van der Waals surface area (Å²) in [5, 5.41) is 16.6. The molecule has 0 bridgehead atoms. The Labute approximate surface area is 49.1 Å². The molecule has 0 unspecified atom stereocenters. The Kier molecular flexibility index (Phi) is 4.68. The van der Waals surface area contributed by atoms with E-state index in [-0.39, 0.29) is 12.4 Å². The second kappa shape index (κ2) is 3.21. The predicted molar refractivity (Wildman–Crippen MR) is 20.3 cm³/mol. The van der Waals surface area contributed by atoms with E-state index in [9.17, 15) is 0 Å². The number of hydrogen-bond acceptors (Lipinski definition) is 2. The average Bonchev–Trinajstić information content (AvgIpc) is 1.35. The molecule has 0 aromatic heterocycles. The molecule has 0 atom stereocenters. The van der Waals surface area contributed by atoms with Gasteiger partial charge in [0.05, 0.1) is 0 Å². The number of quaternary nitrogens is 1. The minimum atomic E-state index is -0.931. The molecule has 0 aliphatic heterocycles. The fraction of sp³-hybridized carbons (Fsp3) is 1.00. The van der Waals surface area contributed by atoms with E-state index in [0.717, 1.165) is 0 Å². The van der Waals surface area contributed by atoms with Gasteiger partial charge in [-0.1, -0.05) is 4.81 Å². The third kappa shape index (κ3) is 10.7. The van der Waals surface area contributed by atoms with Crippen LogP contribution >= 0.6 is 0 Å². The van der Waals surface area contributed by atoms with Crippen molar-refractivity contribution in [1.29, 1.82) is 0 Å². The normalized spacial score (nSPS) is 10.3. The molecule has 4 heteroatoms. The first-order valence-electron chi connectivity index (χ1n) is 1.87. The van der Waals surface area contributed by atoms with Gasteiger partial charge in [-0.2, -0.15) is 10.4 Å². The molecule has 0 aliphatic rings. The lowest BCUT2D eigenvalue weighted by molar-refractivity contribution is -1.23. The molecular formula is C3H10ClNO2. The third-order valence-electron chi connectivity index (χ3n) is 0.599. The number of halogens is 1. The summed E-state index contributed by atoms with van der Waals surface area (Å²) in [4.78, 5) is -0.931. The van der Waals surface area contributed by atoms with Gasteiger partial charge in [-0.15, -0.1) is 0 Å². The zero-order chi connectivity index (χ0) is 5.21. The van der Waals surface area contributed by atoms with E-state index in [2.05, 4.69) is 0 Å². The van der Waals surface area contributed by atoms with Crippen molar-refractivity contribution >= 4 is 0 Å². The molecule has 0 amide bonds. The fourth-order valence-corrected chi connectivity index (χ4v) is 0. The van der Waals surface area contributed by atoms with Crippen molar-refractivity contribution in [3.05, 3.63) is 0 Å². The Hall–Kier alpha value is 0.170. The van der Waals surface area contributed by atoms with Crippen molar-refractivity contribution in [3.63, 3.8) is 0 Å². The van der Waals surface area contributed by atoms with Gasteiger partial charge in [0, 0.05) is 0 Å². The highest BCUT2D eigenvalue weighted by Crippen LogP contribution is 1.82. The Morgan fingerprint density at radius 3 is 1.57 bits per heavy atom. The molecule has 0 aromatic carbocycles. The summed E-state index contributed by atoms with van der Waals surface area (Å²) >= 11 is 0. The summed E-state index contributed by atoms with van der Waals surface area (Å²) in [5.41, 5.74) is 0. The van der Waals surface area contributed by atoms with Crippen LogP contribution in [-0.4, -0.2) is 28.8 Å². The van der Waals surface area contributed by atoms with E-state index in [1.165, 1.54) is 7.05 Å². The summed E-state index contributed by atoms with van der Waals surface area (Å²) in [6, 6.07) is 0. The molecule has 0 heterocycles. The van der Waals surface area contributed by atoms with Gasteiger partial charge in [-0.05, 0) is 6.92 Å². The lowest BCUT2D eigenvalue weighted by Crippen LogP contribution is -3.00. The quantitative estimate of drug-likeness (QED) is 0.296. The Morgan fingerprint density at radius 1 is 1.43 bits per heavy atom. The highest BCUT2D eigenvalue weighted by atomic mass is 35.5. The number of rotatable bonds is 1. The maximum absolute atomic E-state index is 8.32. The van der Waals surface area contributed by atoms with Gasteiger partial charge in [-0.3, -0.25) is 0 Å². The molecule has 0 rings (SSSR count). The van der Waals surface area contributed by atoms with Crippen LogP contribution in [0.2, 0.25) is 0 Å². The first kappa shape index (κ1) is 10.2. The number of hydrogen-bond donors (Lipinski definition) is 2. The molecule has 0 fully saturated rings. The zero-order valence-electron chi connectivity index (χ0n) is 4.43. The van der Waals surface area contributed by atoms with Crippen molar-refractivity contribution in [3.8, 4) is 0 Å². The zero-order valence-corrected chi connectivity index (χ0v) is 5.18. The van der Waals surface area contributed by atoms with Crippen LogP contribution in [0.1, 0.15) is 6.92 Å². The SMILES string of the molecule is CC[N+](C)(O)O.[Cl-]. The first-order valence-corrected chi connectivity index (χ1v) is 1.87. The Bertz CT molecular complexity index is 42.7. The van der Waals surface area contributed by atoms with Gasteiger partial charge in [0.1, 0.15) is 13.6 Å². The minimum absolute atomic E-state index is 0. The van der Waals surface area contributed by atoms with Crippen LogP contribution in [0.3, 0.4) is 0 Å². The van der Waals surface area contributed by atoms with Crippen LogP contribution in [-0.2, 0) is 0 Å². The molecule has 46 valence electrons. The summed E-state index contributed by atoms with van der Waals surface area (Å²) in [6.45, 7) is 2.00. The van der Waals surface area contributed by atoms with E-state index in [0.29, 0.717) is 6.54 Å². The molecule has 0 saturated carbocycles. The van der Waals surface area contributed by atoms with Crippen molar-refractivity contribution < 1.29 is 27.6 Å². The van der Waals surface area contributed by atoms with Gasteiger partial charge < -0.3 is 12.4 Å². The lowest BCUT2D eigenvalue weighted by atomic mass is 10.7. The Morgan fingerprint density at radius 2 is 1.57 bits per heavy atom. The van der Waals surface area contributed by atoms with E-state index >= 15 is 0 Å². The first-order chi connectivity index (χ1) is 2.56. The molecular weight excluding hydrogens is 117 g/mol. The van der Waals surface area contributed by atoms with E-state index in [1.54, 1.807) is 6.92 Å². The maximum atomic E-state index is 8.32. The standard InChI is InChI=1S/C3H10NO2.ClH/c1-3-4(2,5)6;/h5-6H,3H2,1-2H3;1H/q+1;/p-1. The largest absolute Gasteiger partial charge is 1.00 e. The van der Waals surface area contributed by atoms with Gasteiger partial charge in [-0.25, -0.2) is 0 Å². The highest BCUT2D eigenvalue weighted by molar-refractivity contribution is 3.92. The van der Waals surface area contributed by atoms with Crippen LogP contribution in [0.4, 0.5) is 0 Å². The molecule has 0 aliphatic carbocycles. The predicted octanol–water partition coefficient (Wildman–Crippen LogP) is -2.76. The Balaban J connectivity index is 0. The van der Waals surface area contributed by atoms with Gasteiger partial charge >= 0.3 is 0 Å². The highest BCUT2D eigenvalue weighted by Gasteiger charge is 2.06. The van der Waals surface area contributed by atoms with Crippen LogP contribution in [0, 0.1) is 0 Å². The van der Waals surface area contributed by atoms with Crippen molar-refractivity contribution in [2.24, 2.45) is 0 Å². The fourth-order valence-electron chi connectivity index (χ4n) is 0. The summed E-state index contributed by atoms with van der Waals surface area (Å²) in [6.07, 6.45) is 0. The van der Waals surface area contributed by atoms with E-state index in [1.807, 2.05) is 0 Å². The van der Waals surface area contributed by atoms with Gasteiger partial charge in [0.15, 0.2) is 0 Å². The van der Waals surface area contributed by atoms with Crippen molar-refractivity contribution in [2.45, 2.75) is 6.92 Å². The van der Waals surface area contributed by atoms with E-state index in [4.69, 9.17) is 10.4 Å². The lowest BCUT2D eigenvalue weighted by Gasteiger charge is -2.10. The van der Waals surface area contributed by atoms with Crippen LogP contribution in [0.5, 0.6) is 0 Å². The third-order valence-corrected chi connectivity index (χ3v) is 0.599. The minimum Gasteiger partial charge on any atom is -1.00 e. The van der Waals surface area contributed by atoms with Gasteiger partial charge in [0.25, 0.3) is 0 Å². The van der Waals surface area contributed by atoms with Crippen molar-refractivity contribution in [1.82, 2.24) is 0 Å². The number of nitrogens with zero attached hydrogens (tertiary/aromatic N) is 1. The average molecular weight is 128 g/mol. The molecule has 0 saturated heterocycles.